The maximum Gasteiger partial charge on any atom is 0.225 e. The number of aromatic nitrogens is 5. The quantitative estimate of drug-likeness (QED) is 0.349. The topological polar surface area (TPSA) is 102 Å². The fraction of sp³-hybridized carbons (Fsp3) is 0.227. The van der Waals surface area contributed by atoms with Gasteiger partial charge in [-0.05, 0) is 30.3 Å². The van der Waals surface area contributed by atoms with Gasteiger partial charge in [-0.1, -0.05) is 0 Å². The third kappa shape index (κ3) is 3.98. The lowest BCUT2D eigenvalue weighted by Gasteiger charge is -2.20. The van der Waals surface area contributed by atoms with Gasteiger partial charge in [0.15, 0.2) is 11.4 Å². The van der Waals surface area contributed by atoms with Gasteiger partial charge in [0.1, 0.15) is 17.3 Å². The molecule has 0 saturated carbocycles. The highest BCUT2D eigenvalue weighted by atomic mass is 19.1. The van der Waals surface area contributed by atoms with Crippen LogP contribution in [0.1, 0.15) is 0 Å². The number of furan rings is 1. The number of hydrogen-bond acceptors (Lipinski definition) is 7. The maximum atomic E-state index is 13.9. The molecule has 0 aliphatic heterocycles. The second-order valence-electron chi connectivity index (χ2n) is 7.63. The van der Waals surface area contributed by atoms with E-state index in [9.17, 15) is 8.78 Å². The van der Waals surface area contributed by atoms with Crippen LogP contribution in [0.4, 0.5) is 20.4 Å². The Kier molecular flexibility index (Phi) is 5.38. The third-order valence-corrected chi connectivity index (χ3v) is 5.44. The molecule has 0 aliphatic rings. The highest BCUT2D eigenvalue weighted by molar-refractivity contribution is 5.91. The second-order valence-corrected chi connectivity index (χ2v) is 7.63. The molecule has 33 heavy (non-hydrogen) atoms. The minimum Gasteiger partial charge on any atom is -0.461 e. The molecule has 5 rings (SSSR count). The highest BCUT2D eigenvalue weighted by Gasteiger charge is 2.16. The van der Waals surface area contributed by atoms with E-state index in [0.717, 1.165) is 11.5 Å². The van der Waals surface area contributed by atoms with E-state index in [1.165, 1.54) is 16.6 Å². The first-order valence-corrected chi connectivity index (χ1v) is 10.4. The number of benzene rings is 1. The highest BCUT2D eigenvalue weighted by Crippen LogP contribution is 2.24. The van der Waals surface area contributed by atoms with Crippen LogP contribution in [0.25, 0.3) is 28.3 Å². The zero-order valence-corrected chi connectivity index (χ0v) is 17.9. The lowest BCUT2D eigenvalue weighted by Crippen LogP contribution is -2.31. The van der Waals surface area contributed by atoms with Crippen molar-refractivity contribution < 1.29 is 13.2 Å². The molecule has 11 heteroatoms. The largest absolute Gasteiger partial charge is 0.461 e. The SMILES string of the molecule is CN(CCNCCn1ccc2c1nc(N)n1nc(-c3ccco3)nc21)c1ccc(F)cc1F. The Balaban J connectivity index is 1.24. The Morgan fingerprint density at radius 1 is 1.12 bits per heavy atom. The molecule has 0 bridgehead atoms. The zero-order valence-electron chi connectivity index (χ0n) is 17.9. The molecule has 0 saturated heterocycles. The first kappa shape index (κ1) is 20.9. The van der Waals surface area contributed by atoms with Crippen LogP contribution < -0.4 is 16.0 Å². The van der Waals surface area contributed by atoms with Crippen molar-refractivity contribution >= 4 is 28.3 Å². The molecule has 0 atom stereocenters. The normalized spacial score (nSPS) is 11.6. The first-order chi connectivity index (χ1) is 16.0. The van der Waals surface area contributed by atoms with Crippen molar-refractivity contribution in [2.45, 2.75) is 6.54 Å². The van der Waals surface area contributed by atoms with Crippen molar-refractivity contribution in [2.75, 3.05) is 37.3 Å². The standard InChI is InChI=1S/C22H22F2N8O/c1-30(17-5-4-14(23)13-16(17)24)10-7-26-8-11-31-9-6-15-20(31)28-22(25)32-21(15)27-19(29-32)18-3-2-12-33-18/h2-6,9,12-13,26H,7-8,10-11H2,1H3,(H2,25,28). The molecule has 0 unspecified atom stereocenters. The van der Waals surface area contributed by atoms with Crippen molar-refractivity contribution in [3.8, 4) is 11.6 Å². The number of anilines is 2. The minimum absolute atomic E-state index is 0.235. The Morgan fingerprint density at radius 3 is 2.79 bits per heavy atom. The van der Waals surface area contributed by atoms with Crippen LogP contribution in [0.5, 0.6) is 0 Å². The number of nitrogens with two attached hydrogens (primary N) is 1. The summed E-state index contributed by atoms with van der Waals surface area (Å²) in [5, 5.41) is 8.57. The number of nitrogens with zero attached hydrogens (tertiary/aromatic N) is 6. The Morgan fingerprint density at radius 2 is 2.00 bits per heavy atom. The molecule has 4 heterocycles. The zero-order chi connectivity index (χ0) is 22.9. The molecule has 9 nitrogen and oxygen atoms in total. The number of fused-ring (bicyclic) bond motifs is 3. The number of halogens is 2. The monoisotopic (exact) mass is 452 g/mol. The van der Waals surface area contributed by atoms with Gasteiger partial charge in [-0.25, -0.2) is 13.8 Å². The van der Waals surface area contributed by atoms with Gasteiger partial charge in [0.25, 0.3) is 0 Å². The summed E-state index contributed by atoms with van der Waals surface area (Å²) in [6.45, 7) is 2.51. The minimum atomic E-state index is -0.587. The summed E-state index contributed by atoms with van der Waals surface area (Å²) >= 11 is 0. The molecular weight excluding hydrogens is 430 g/mol. The number of rotatable bonds is 8. The van der Waals surface area contributed by atoms with Gasteiger partial charge in [-0.2, -0.15) is 9.50 Å². The number of hydrogen-bond donors (Lipinski definition) is 2. The molecule has 1 aromatic carbocycles. The Labute approximate surface area is 187 Å². The molecular formula is C22H22F2N8O. The van der Waals surface area contributed by atoms with E-state index in [0.29, 0.717) is 54.7 Å². The third-order valence-electron chi connectivity index (χ3n) is 5.44. The van der Waals surface area contributed by atoms with E-state index < -0.39 is 11.6 Å². The smallest absolute Gasteiger partial charge is 0.225 e. The molecule has 0 fully saturated rings. The summed E-state index contributed by atoms with van der Waals surface area (Å²) in [6.07, 6.45) is 3.50. The van der Waals surface area contributed by atoms with Crippen LogP contribution in [0.3, 0.4) is 0 Å². The van der Waals surface area contributed by atoms with Crippen molar-refractivity contribution in [2.24, 2.45) is 0 Å². The van der Waals surface area contributed by atoms with Crippen molar-refractivity contribution in [3.63, 3.8) is 0 Å². The van der Waals surface area contributed by atoms with Gasteiger partial charge in [0.05, 0.1) is 17.3 Å². The Bertz CT molecular complexity index is 1410. The van der Waals surface area contributed by atoms with Crippen LogP contribution >= 0.6 is 0 Å². The summed E-state index contributed by atoms with van der Waals surface area (Å²) in [5.74, 6) is 0.0719. The molecule has 5 aromatic rings. The van der Waals surface area contributed by atoms with Crippen LogP contribution in [0, 0.1) is 11.6 Å². The van der Waals surface area contributed by atoms with E-state index in [1.54, 1.807) is 30.3 Å². The summed E-state index contributed by atoms with van der Waals surface area (Å²) in [6, 6.07) is 9.07. The summed E-state index contributed by atoms with van der Waals surface area (Å²) in [5.41, 5.74) is 7.82. The van der Waals surface area contributed by atoms with Gasteiger partial charge in [-0.3, -0.25) is 0 Å². The Hall–Kier alpha value is -3.99. The lowest BCUT2D eigenvalue weighted by atomic mass is 10.2. The summed E-state index contributed by atoms with van der Waals surface area (Å²) in [7, 11) is 1.77. The van der Waals surface area contributed by atoms with Crippen LogP contribution in [-0.4, -0.2) is 50.8 Å². The van der Waals surface area contributed by atoms with Crippen molar-refractivity contribution in [1.29, 1.82) is 0 Å². The van der Waals surface area contributed by atoms with Gasteiger partial charge >= 0.3 is 0 Å². The average molecular weight is 452 g/mol. The number of nitrogen functional groups attached to an aromatic ring is 1. The predicted octanol–water partition coefficient (Wildman–Crippen LogP) is 2.93. The number of nitrogens with one attached hydrogen (secondary N) is 1. The van der Waals surface area contributed by atoms with E-state index in [4.69, 9.17) is 10.2 Å². The number of likely N-dealkylation sites (N-methyl/N-ethyl adjacent to an activating group) is 1. The van der Waals surface area contributed by atoms with Gasteiger partial charge in [-0.15, -0.1) is 5.10 Å². The van der Waals surface area contributed by atoms with Crippen molar-refractivity contribution in [1.82, 2.24) is 29.5 Å². The average Bonchev–Trinajstić information content (AvgIpc) is 3.53. The maximum absolute atomic E-state index is 13.9. The van der Waals surface area contributed by atoms with Gasteiger partial charge < -0.3 is 24.9 Å². The van der Waals surface area contributed by atoms with Crippen LogP contribution in [0.2, 0.25) is 0 Å². The summed E-state index contributed by atoms with van der Waals surface area (Å²) in [4.78, 5) is 10.8. The van der Waals surface area contributed by atoms with Crippen molar-refractivity contribution in [3.05, 3.63) is 60.5 Å². The van der Waals surface area contributed by atoms with Crippen LogP contribution in [0.15, 0.2) is 53.3 Å². The van der Waals surface area contributed by atoms with E-state index in [-0.39, 0.29) is 5.95 Å². The molecule has 0 radical (unpaired) electrons. The lowest BCUT2D eigenvalue weighted by molar-refractivity contribution is 0.575. The molecule has 4 aromatic heterocycles. The second kappa shape index (κ2) is 8.51. The predicted molar refractivity (Wildman–Crippen MR) is 121 cm³/mol. The van der Waals surface area contributed by atoms with Gasteiger partial charge in [0, 0.05) is 45.5 Å². The first-order valence-electron chi connectivity index (χ1n) is 10.4. The fourth-order valence-corrected chi connectivity index (χ4v) is 3.74. The van der Waals surface area contributed by atoms with Gasteiger partial charge in [0.2, 0.25) is 11.8 Å². The molecule has 0 spiro atoms. The fourth-order valence-electron chi connectivity index (χ4n) is 3.74. The molecule has 0 amide bonds. The van der Waals surface area contributed by atoms with E-state index >= 15 is 0 Å². The van der Waals surface area contributed by atoms with E-state index in [2.05, 4.69) is 20.4 Å². The molecule has 170 valence electrons. The summed E-state index contributed by atoms with van der Waals surface area (Å²) < 4.78 is 35.9. The molecule has 3 N–H and O–H groups in total. The van der Waals surface area contributed by atoms with E-state index in [1.807, 2.05) is 16.8 Å². The molecule has 0 aliphatic carbocycles. The van der Waals surface area contributed by atoms with Crippen LogP contribution in [-0.2, 0) is 6.54 Å².